The molecule has 6 nitrogen and oxygen atoms in total. The third-order valence-corrected chi connectivity index (χ3v) is 7.81. The fourth-order valence-corrected chi connectivity index (χ4v) is 5.32. The van der Waals surface area contributed by atoms with Crippen LogP contribution >= 0.6 is 11.6 Å². The van der Waals surface area contributed by atoms with Crippen LogP contribution in [0, 0.1) is 6.92 Å². The Morgan fingerprint density at radius 3 is 2.16 bits per heavy atom. The molecule has 4 rings (SSSR count). The Labute approximate surface area is 222 Å². The van der Waals surface area contributed by atoms with Gasteiger partial charge in [-0.2, -0.15) is 5.10 Å². The number of hydrogen-bond donors (Lipinski definition) is 1. The summed E-state index contributed by atoms with van der Waals surface area (Å²) in [6, 6.07) is 29.6. The van der Waals surface area contributed by atoms with Gasteiger partial charge in [-0.05, 0) is 61.4 Å². The molecule has 1 N–H and O–H groups in total. The first kappa shape index (κ1) is 26.1. The van der Waals surface area contributed by atoms with Crippen molar-refractivity contribution in [3.63, 3.8) is 0 Å². The highest BCUT2D eigenvalue weighted by atomic mass is 35.5. The molecule has 0 aliphatic rings. The average molecular weight is 532 g/mol. The van der Waals surface area contributed by atoms with Crippen LogP contribution in [0.4, 0.5) is 5.69 Å². The number of sulfonamides is 1. The molecule has 37 heavy (non-hydrogen) atoms. The summed E-state index contributed by atoms with van der Waals surface area (Å²) in [5.74, 6) is -0.527. The van der Waals surface area contributed by atoms with Crippen LogP contribution in [0.2, 0.25) is 5.02 Å². The van der Waals surface area contributed by atoms with Crippen LogP contribution in [0.1, 0.15) is 34.0 Å². The molecule has 0 bridgehead atoms. The van der Waals surface area contributed by atoms with Crippen molar-refractivity contribution in [1.29, 1.82) is 0 Å². The fourth-order valence-electron chi connectivity index (χ4n) is 3.72. The highest BCUT2D eigenvalue weighted by Gasteiger charge is 2.28. The lowest BCUT2D eigenvalue weighted by molar-refractivity contribution is 0.0955. The molecular formula is C29H26ClN3O3S. The molecule has 188 valence electrons. The maximum atomic E-state index is 13.9. The lowest BCUT2D eigenvalue weighted by Crippen LogP contribution is -2.33. The Balaban J connectivity index is 1.72. The van der Waals surface area contributed by atoms with Gasteiger partial charge in [0.05, 0.1) is 28.4 Å². The molecule has 0 heterocycles. The second-order valence-corrected chi connectivity index (χ2v) is 10.8. The van der Waals surface area contributed by atoms with Gasteiger partial charge in [0.2, 0.25) is 0 Å². The Kier molecular flexibility index (Phi) is 8.06. The second-order valence-electron chi connectivity index (χ2n) is 8.47. The zero-order chi connectivity index (χ0) is 26.4. The number of nitrogens with one attached hydrogen (secondary N) is 1. The summed E-state index contributed by atoms with van der Waals surface area (Å²) in [7, 11) is -4.00. The zero-order valence-electron chi connectivity index (χ0n) is 20.4. The van der Waals surface area contributed by atoms with Crippen molar-refractivity contribution < 1.29 is 13.2 Å². The van der Waals surface area contributed by atoms with E-state index in [1.54, 1.807) is 79.7 Å². The lowest BCUT2D eigenvalue weighted by atomic mass is 10.1. The molecule has 8 heteroatoms. The van der Waals surface area contributed by atoms with Crippen LogP contribution in [-0.2, 0) is 16.6 Å². The van der Waals surface area contributed by atoms with Crippen LogP contribution in [0.15, 0.2) is 113 Å². The molecule has 0 aliphatic heterocycles. The fraction of sp³-hybridized carbons (Fsp3) is 0.103. The molecule has 0 unspecified atom stereocenters. The number of carbonyl (C=O) groups excluding carboxylic acids is 1. The van der Waals surface area contributed by atoms with E-state index in [2.05, 4.69) is 10.5 Å². The van der Waals surface area contributed by atoms with Crippen molar-refractivity contribution in [3.8, 4) is 0 Å². The number of rotatable bonds is 8. The number of benzene rings is 4. The van der Waals surface area contributed by atoms with Crippen molar-refractivity contribution in [2.75, 3.05) is 4.31 Å². The maximum Gasteiger partial charge on any atom is 0.273 e. The number of aryl methyl sites for hydroxylation is 1. The minimum absolute atomic E-state index is 0.0500. The Bertz CT molecular complexity index is 1520. The van der Waals surface area contributed by atoms with Gasteiger partial charge in [0.25, 0.3) is 15.9 Å². The van der Waals surface area contributed by atoms with Crippen LogP contribution < -0.4 is 9.73 Å². The first-order valence-electron chi connectivity index (χ1n) is 11.6. The molecule has 0 spiro atoms. The monoisotopic (exact) mass is 531 g/mol. The molecule has 0 saturated carbocycles. The molecular weight excluding hydrogens is 506 g/mol. The van der Waals surface area contributed by atoms with Gasteiger partial charge in [0, 0.05) is 5.02 Å². The normalized spacial score (nSPS) is 11.7. The van der Waals surface area contributed by atoms with E-state index in [1.807, 2.05) is 37.3 Å². The van der Waals surface area contributed by atoms with Gasteiger partial charge in [0.1, 0.15) is 0 Å². The zero-order valence-corrected chi connectivity index (χ0v) is 22.0. The molecule has 0 aliphatic carbocycles. The molecule has 1 amide bonds. The number of anilines is 1. The number of halogens is 1. The van der Waals surface area contributed by atoms with Gasteiger partial charge in [-0.1, -0.05) is 83.9 Å². The summed E-state index contributed by atoms with van der Waals surface area (Å²) < 4.78 is 29.0. The van der Waals surface area contributed by atoms with Crippen molar-refractivity contribution in [3.05, 3.63) is 130 Å². The number of hydrogen-bond acceptors (Lipinski definition) is 4. The highest BCUT2D eigenvalue weighted by Crippen LogP contribution is 2.29. The minimum Gasteiger partial charge on any atom is -0.267 e. The van der Waals surface area contributed by atoms with Gasteiger partial charge in [0.15, 0.2) is 0 Å². The molecule has 0 saturated heterocycles. The number of carbonyl (C=O) groups is 1. The predicted molar refractivity (Wildman–Crippen MR) is 149 cm³/mol. The van der Waals surface area contributed by atoms with E-state index >= 15 is 0 Å². The molecule has 0 atom stereocenters. The van der Waals surface area contributed by atoms with E-state index in [1.165, 1.54) is 4.31 Å². The van der Waals surface area contributed by atoms with Gasteiger partial charge in [-0.25, -0.2) is 13.8 Å². The molecule has 0 aromatic heterocycles. The van der Waals surface area contributed by atoms with Crippen LogP contribution in [0.3, 0.4) is 0 Å². The maximum absolute atomic E-state index is 13.9. The van der Waals surface area contributed by atoms with E-state index in [9.17, 15) is 13.2 Å². The third kappa shape index (κ3) is 6.25. The average Bonchev–Trinajstić information content (AvgIpc) is 2.91. The topological polar surface area (TPSA) is 78.8 Å². The summed E-state index contributed by atoms with van der Waals surface area (Å²) in [6.07, 6.45) is 0. The second kappa shape index (κ2) is 11.4. The van der Waals surface area contributed by atoms with E-state index < -0.39 is 15.9 Å². The first-order chi connectivity index (χ1) is 17.8. The van der Waals surface area contributed by atoms with Crippen molar-refractivity contribution >= 4 is 38.9 Å². The smallest absolute Gasteiger partial charge is 0.267 e. The van der Waals surface area contributed by atoms with Gasteiger partial charge in [-0.3, -0.25) is 9.10 Å². The Morgan fingerprint density at radius 2 is 1.49 bits per heavy atom. The first-order valence-corrected chi connectivity index (χ1v) is 13.4. The van der Waals surface area contributed by atoms with Crippen molar-refractivity contribution in [1.82, 2.24) is 5.43 Å². The van der Waals surface area contributed by atoms with Gasteiger partial charge < -0.3 is 0 Å². The number of para-hydroxylation sites is 1. The highest BCUT2D eigenvalue weighted by molar-refractivity contribution is 7.92. The molecule has 0 fully saturated rings. The molecule has 0 radical (unpaired) electrons. The lowest BCUT2D eigenvalue weighted by Gasteiger charge is -2.26. The Morgan fingerprint density at radius 1 is 0.865 bits per heavy atom. The summed E-state index contributed by atoms with van der Waals surface area (Å²) in [5.41, 5.74) is 6.11. The van der Waals surface area contributed by atoms with Crippen LogP contribution in [-0.4, -0.2) is 20.0 Å². The summed E-state index contributed by atoms with van der Waals surface area (Å²) in [5, 5.41) is 4.82. The summed E-state index contributed by atoms with van der Waals surface area (Å²) in [4.78, 5) is 13.4. The van der Waals surface area contributed by atoms with E-state index in [4.69, 9.17) is 11.6 Å². The third-order valence-electron chi connectivity index (χ3n) is 5.78. The van der Waals surface area contributed by atoms with Gasteiger partial charge in [-0.15, -0.1) is 0 Å². The van der Waals surface area contributed by atoms with Crippen LogP contribution in [0.25, 0.3) is 0 Å². The van der Waals surface area contributed by atoms with Crippen molar-refractivity contribution in [2.24, 2.45) is 5.10 Å². The summed E-state index contributed by atoms with van der Waals surface area (Å²) >= 11 is 5.95. The van der Waals surface area contributed by atoms with Crippen LogP contribution in [0.5, 0.6) is 0 Å². The van der Waals surface area contributed by atoms with E-state index in [-0.39, 0.29) is 22.7 Å². The minimum atomic E-state index is -4.00. The van der Waals surface area contributed by atoms with E-state index in [0.717, 1.165) is 16.7 Å². The standard InChI is InChI=1S/C29H26ClN3O3S/c1-21-12-18-26(19-13-21)37(35,36)33(20-23-8-4-3-5-9-23)28-11-7-6-10-27(28)29(34)32-31-22(2)24-14-16-25(30)17-15-24/h3-19H,20H2,1-2H3,(H,32,34)/b31-22-. The SMILES string of the molecule is C/C(=N/NC(=O)c1ccccc1N(Cc1ccccc1)S(=O)(=O)c1ccc(C)cc1)c1ccc(Cl)cc1. The molecule has 4 aromatic rings. The predicted octanol–water partition coefficient (Wildman–Crippen LogP) is 6.20. The Hall–Kier alpha value is -3.94. The molecule has 4 aromatic carbocycles. The van der Waals surface area contributed by atoms with Gasteiger partial charge >= 0.3 is 0 Å². The number of nitrogens with zero attached hydrogens (tertiary/aromatic N) is 2. The summed E-state index contributed by atoms with van der Waals surface area (Å²) in [6.45, 7) is 3.71. The quantitative estimate of drug-likeness (QED) is 0.217. The number of hydrazone groups is 1. The van der Waals surface area contributed by atoms with Crippen molar-refractivity contribution in [2.45, 2.75) is 25.3 Å². The largest absolute Gasteiger partial charge is 0.273 e. The number of amides is 1. The van der Waals surface area contributed by atoms with E-state index in [0.29, 0.717) is 10.7 Å².